The molecule has 2 aromatic carbocycles. The van der Waals surface area contributed by atoms with E-state index < -0.39 is 7.14 Å². The van der Waals surface area contributed by atoms with Crippen molar-refractivity contribution in [2.24, 2.45) is 0 Å². The summed E-state index contributed by atoms with van der Waals surface area (Å²) in [5, 5.41) is 5.27. The van der Waals surface area contributed by atoms with Gasteiger partial charge in [-0.2, -0.15) is 0 Å². The predicted octanol–water partition coefficient (Wildman–Crippen LogP) is 4.84. The number of anilines is 2. The predicted molar refractivity (Wildman–Crippen MR) is 104 cm³/mol. The van der Waals surface area contributed by atoms with Gasteiger partial charge in [0.2, 0.25) is 0 Å². The van der Waals surface area contributed by atoms with Gasteiger partial charge in [-0.1, -0.05) is 0 Å². The molecule has 24 heavy (non-hydrogen) atoms. The molecule has 4 nitrogen and oxygen atoms in total. The number of fused-ring (bicyclic) bond motifs is 2. The first-order valence-corrected chi connectivity index (χ1v) is 11.0. The Hall–Kier alpha value is -2.23. The molecule has 0 spiro atoms. The van der Waals surface area contributed by atoms with E-state index in [1.54, 1.807) is 30.9 Å². The number of nitrogens with one attached hydrogen (secondary N) is 1. The van der Waals surface area contributed by atoms with Gasteiger partial charge >= 0.3 is 0 Å². The van der Waals surface area contributed by atoms with E-state index >= 15 is 0 Å². The zero-order valence-electron chi connectivity index (χ0n) is 13.4. The average molecular weight is 353 g/mol. The summed E-state index contributed by atoms with van der Waals surface area (Å²) < 4.78 is 13.6. The smallest absolute Gasteiger partial charge is 0.109 e. The Morgan fingerprint density at radius 2 is 1.88 bits per heavy atom. The van der Waals surface area contributed by atoms with Crippen molar-refractivity contribution in [1.29, 1.82) is 0 Å². The number of hydrogen-bond donors (Lipinski definition) is 1. The second kappa shape index (κ2) is 5.69. The highest BCUT2D eigenvalue weighted by Gasteiger charge is 2.13. The van der Waals surface area contributed by atoms with Crippen LogP contribution in [0.2, 0.25) is 0 Å². The minimum Gasteiger partial charge on any atom is -0.355 e. The van der Waals surface area contributed by atoms with Crippen molar-refractivity contribution >= 4 is 56.3 Å². The normalized spacial score (nSPS) is 11.9. The molecule has 1 N–H and O–H groups in total. The lowest BCUT2D eigenvalue weighted by Crippen LogP contribution is -2.03. The van der Waals surface area contributed by atoms with Crippen LogP contribution in [0.5, 0.6) is 0 Å². The summed E-state index contributed by atoms with van der Waals surface area (Å²) in [5.41, 5.74) is 5.64. The third kappa shape index (κ3) is 2.81. The van der Waals surface area contributed by atoms with Crippen molar-refractivity contribution in [2.45, 2.75) is 0 Å². The Kier molecular flexibility index (Phi) is 3.63. The van der Waals surface area contributed by atoms with E-state index in [2.05, 4.69) is 21.4 Å². The molecule has 0 saturated heterocycles. The quantitative estimate of drug-likeness (QED) is 0.536. The topological polar surface area (TPSA) is 54.9 Å². The Balaban J connectivity index is 1.81. The summed E-state index contributed by atoms with van der Waals surface area (Å²) in [5.74, 6) is 0. The van der Waals surface area contributed by atoms with Crippen molar-refractivity contribution in [3.05, 3.63) is 54.2 Å². The van der Waals surface area contributed by atoms with Crippen molar-refractivity contribution in [3.63, 3.8) is 0 Å². The Labute approximate surface area is 144 Å². The molecule has 0 aliphatic rings. The summed E-state index contributed by atoms with van der Waals surface area (Å²) in [7, 11) is -2.31. The second-order valence-electron chi connectivity index (χ2n) is 6.07. The largest absolute Gasteiger partial charge is 0.355 e. The zero-order valence-corrected chi connectivity index (χ0v) is 15.1. The van der Waals surface area contributed by atoms with Gasteiger partial charge in [0.1, 0.15) is 7.14 Å². The van der Waals surface area contributed by atoms with Gasteiger partial charge in [0.25, 0.3) is 0 Å². The van der Waals surface area contributed by atoms with E-state index in [4.69, 9.17) is 0 Å². The number of pyridine rings is 1. The maximum Gasteiger partial charge on any atom is 0.109 e. The number of nitrogens with zero attached hydrogens (tertiary/aromatic N) is 2. The summed E-state index contributed by atoms with van der Waals surface area (Å²) in [6, 6.07) is 13.9. The fourth-order valence-electron chi connectivity index (χ4n) is 2.67. The van der Waals surface area contributed by atoms with Crippen LogP contribution in [0.3, 0.4) is 0 Å². The first-order chi connectivity index (χ1) is 11.5. The highest BCUT2D eigenvalue weighted by molar-refractivity contribution is 7.70. The number of benzene rings is 2. The van der Waals surface area contributed by atoms with Crippen molar-refractivity contribution in [1.82, 2.24) is 9.97 Å². The first kappa shape index (κ1) is 15.3. The van der Waals surface area contributed by atoms with E-state index in [9.17, 15) is 4.57 Å². The Morgan fingerprint density at radius 3 is 2.71 bits per heavy atom. The third-order valence-electron chi connectivity index (χ3n) is 3.96. The lowest BCUT2D eigenvalue weighted by molar-refractivity contribution is 0.588. The molecule has 0 amide bonds. The maximum atomic E-state index is 12.4. The van der Waals surface area contributed by atoms with Crippen LogP contribution in [0, 0.1) is 0 Å². The molecule has 6 heteroatoms. The van der Waals surface area contributed by atoms with E-state index in [0.29, 0.717) is 0 Å². The molecule has 4 rings (SSSR count). The van der Waals surface area contributed by atoms with Crippen LogP contribution in [0.4, 0.5) is 11.4 Å². The van der Waals surface area contributed by atoms with Gasteiger partial charge in [-0.05, 0) is 55.8 Å². The second-order valence-corrected chi connectivity index (χ2v) is 10.2. The van der Waals surface area contributed by atoms with Gasteiger partial charge < -0.3 is 9.88 Å². The fraction of sp³-hybridized carbons (Fsp3) is 0.111. The molecule has 0 saturated carbocycles. The van der Waals surface area contributed by atoms with Gasteiger partial charge in [0.05, 0.1) is 21.2 Å². The number of thiazole rings is 1. The van der Waals surface area contributed by atoms with Gasteiger partial charge in [-0.3, -0.25) is 4.98 Å². The number of hydrogen-bond acceptors (Lipinski definition) is 5. The molecule has 0 aliphatic carbocycles. The first-order valence-electron chi connectivity index (χ1n) is 7.55. The van der Waals surface area contributed by atoms with E-state index in [1.807, 2.05) is 41.9 Å². The molecule has 120 valence electrons. The summed E-state index contributed by atoms with van der Waals surface area (Å²) >= 11 is 1.63. The molecule has 0 atom stereocenters. The van der Waals surface area contributed by atoms with Gasteiger partial charge in [-0.25, -0.2) is 4.98 Å². The number of rotatable bonds is 3. The molecule has 2 aromatic heterocycles. The molecule has 0 bridgehead atoms. The summed E-state index contributed by atoms with van der Waals surface area (Å²) in [6.07, 6.45) is 1.78. The Bertz CT molecular complexity index is 1100. The highest BCUT2D eigenvalue weighted by atomic mass is 32.1. The van der Waals surface area contributed by atoms with Gasteiger partial charge in [0.15, 0.2) is 0 Å². The SMILES string of the molecule is CP(C)(=O)c1ccc2nccc(Nc3ccc4scnc4c3)c2c1. The van der Waals surface area contributed by atoms with Crippen molar-refractivity contribution in [3.8, 4) is 0 Å². The van der Waals surface area contributed by atoms with Crippen LogP contribution in [0.15, 0.2) is 54.2 Å². The van der Waals surface area contributed by atoms with Crippen molar-refractivity contribution in [2.75, 3.05) is 18.6 Å². The molecule has 0 unspecified atom stereocenters. The average Bonchev–Trinajstić information content (AvgIpc) is 3.01. The lowest BCUT2D eigenvalue weighted by atomic mass is 10.2. The van der Waals surface area contributed by atoms with Gasteiger partial charge in [0, 0.05) is 28.3 Å². The van der Waals surface area contributed by atoms with Crippen molar-refractivity contribution < 1.29 is 4.57 Å². The van der Waals surface area contributed by atoms with E-state index in [1.165, 1.54) is 4.70 Å². The number of aromatic nitrogens is 2. The molecule has 0 radical (unpaired) electrons. The molecular formula is C18H16N3OPS. The monoisotopic (exact) mass is 353 g/mol. The standard InChI is InChI=1S/C18H16N3OPS/c1-23(2,22)13-4-5-15-14(10-13)16(7-8-19-15)21-12-3-6-18-17(9-12)20-11-24-18/h3-11H,1-2H3,(H,19,21). The third-order valence-corrected chi connectivity index (χ3v) is 6.29. The van der Waals surface area contributed by atoms with Crippen LogP contribution in [-0.2, 0) is 4.57 Å². The summed E-state index contributed by atoms with van der Waals surface area (Å²) in [4.78, 5) is 8.77. The minimum absolute atomic E-state index is 0.862. The van der Waals surface area contributed by atoms with E-state index in [-0.39, 0.29) is 0 Å². The van der Waals surface area contributed by atoms with Crippen LogP contribution in [0.1, 0.15) is 0 Å². The van der Waals surface area contributed by atoms with Crippen LogP contribution in [0.25, 0.3) is 21.1 Å². The highest BCUT2D eigenvalue weighted by Crippen LogP contribution is 2.36. The lowest BCUT2D eigenvalue weighted by Gasteiger charge is -2.12. The molecule has 4 aromatic rings. The zero-order chi connectivity index (χ0) is 16.7. The van der Waals surface area contributed by atoms with Gasteiger partial charge in [-0.15, -0.1) is 11.3 Å². The Morgan fingerprint density at radius 1 is 1.00 bits per heavy atom. The molecule has 2 heterocycles. The molecule has 0 fully saturated rings. The van der Waals surface area contributed by atoms with Crippen LogP contribution >= 0.6 is 18.5 Å². The fourth-order valence-corrected chi connectivity index (χ4v) is 4.20. The summed E-state index contributed by atoms with van der Waals surface area (Å²) in [6.45, 7) is 3.57. The molecular weight excluding hydrogens is 337 g/mol. The maximum absolute atomic E-state index is 12.4. The minimum atomic E-state index is -2.31. The van der Waals surface area contributed by atoms with E-state index in [0.717, 1.165) is 33.1 Å². The van der Waals surface area contributed by atoms with Crippen LogP contribution in [-0.4, -0.2) is 23.3 Å². The molecule has 0 aliphatic heterocycles. The van der Waals surface area contributed by atoms with Crippen LogP contribution < -0.4 is 10.6 Å².